The number of hydrogen-bond acceptors (Lipinski definition) is 3. The molecule has 0 aromatic carbocycles. The molecular weight excluding hydrogens is 216 g/mol. The van der Waals surface area contributed by atoms with Crippen LogP contribution >= 0.6 is 0 Å². The molecule has 94 valence electrons. The molecule has 17 heavy (non-hydrogen) atoms. The lowest BCUT2D eigenvalue weighted by atomic mass is 9.57. The minimum atomic E-state index is -0.247. The van der Waals surface area contributed by atoms with Gasteiger partial charge in [-0.15, -0.1) is 0 Å². The van der Waals surface area contributed by atoms with Gasteiger partial charge in [0.1, 0.15) is 5.78 Å². The minimum Gasteiger partial charge on any atom is -0.469 e. The second-order valence-corrected chi connectivity index (χ2v) is 5.54. The molecule has 0 spiro atoms. The zero-order valence-electron chi connectivity index (χ0n) is 10.8. The summed E-state index contributed by atoms with van der Waals surface area (Å²) in [7, 11) is 1.39. The first-order valence-corrected chi connectivity index (χ1v) is 6.27. The van der Waals surface area contributed by atoms with E-state index in [-0.39, 0.29) is 29.0 Å². The van der Waals surface area contributed by atoms with Crippen molar-refractivity contribution in [2.45, 2.75) is 39.5 Å². The van der Waals surface area contributed by atoms with Crippen LogP contribution in [-0.4, -0.2) is 18.9 Å². The molecule has 0 aromatic heterocycles. The number of carbonyl (C=O) groups excluding carboxylic acids is 2. The van der Waals surface area contributed by atoms with E-state index in [9.17, 15) is 9.59 Å². The first-order chi connectivity index (χ1) is 7.99. The molecule has 0 N–H and O–H groups in total. The second-order valence-electron chi connectivity index (χ2n) is 5.54. The van der Waals surface area contributed by atoms with E-state index in [0.29, 0.717) is 6.42 Å². The van der Waals surface area contributed by atoms with Crippen LogP contribution in [0.5, 0.6) is 0 Å². The summed E-state index contributed by atoms with van der Waals surface area (Å²) in [5.74, 6) is -0.0241. The number of ether oxygens (including phenoxy) is 1. The van der Waals surface area contributed by atoms with Crippen LogP contribution in [0.1, 0.15) is 39.5 Å². The summed E-state index contributed by atoms with van der Waals surface area (Å²) in [5, 5.41) is 0. The molecule has 2 aliphatic carbocycles. The fourth-order valence-electron chi connectivity index (χ4n) is 3.37. The van der Waals surface area contributed by atoms with E-state index >= 15 is 0 Å². The Morgan fingerprint density at radius 2 is 2.24 bits per heavy atom. The SMILES string of the molecule is COC(=O)[C@@H]1CC(=O)[C@@]2(C)CCC=C(C)[C@@H]2C1. The van der Waals surface area contributed by atoms with Crippen molar-refractivity contribution in [3.63, 3.8) is 0 Å². The van der Waals surface area contributed by atoms with Gasteiger partial charge in [-0.1, -0.05) is 18.6 Å². The molecule has 0 unspecified atom stereocenters. The number of methoxy groups -OCH3 is 1. The van der Waals surface area contributed by atoms with E-state index in [4.69, 9.17) is 4.74 Å². The van der Waals surface area contributed by atoms with Crippen LogP contribution in [0.2, 0.25) is 0 Å². The molecule has 3 atom stereocenters. The Bertz CT molecular complexity index is 383. The highest BCUT2D eigenvalue weighted by atomic mass is 16.5. The highest BCUT2D eigenvalue weighted by Gasteiger charge is 2.49. The topological polar surface area (TPSA) is 43.4 Å². The predicted molar refractivity (Wildman–Crippen MR) is 64.3 cm³/mol. The Kier molecular flexibility index (Phi) is 3.11. The van der Waals surface area contributed by atoms with Crippen molar-refractivity contribution in [3.8, 4) is 0 Å². The zero-order valence-corrected chi connectivity index (χ0v) is 10.8. The van der Waals surface area contributed by atoms with Crippen LogP contribution in [-0.2, 0) is 14.3 Å². The van der Waals surface area contributed by atoms with Crippen LogP contribution in [0.25, 0.3) is 0 Å². The Morgan fingerprint density at radius 3 is 2.88 bits per heavy atom. The fraction of sp³-hybridized carbons (Fsp3) is 0.714. The maximum atomic E-state index is 12.3. The number of fused-ring (bicyclic) bond motifs is 1. The van der Waals surface area contributed by atoms with Crippen molar-refractivity contribution >= 4 is 11.8 Å². The van der Waals surface area contributed by atoms with Gasteiger partial charge in [0.05, 0.1) is 13.0 Å². The Morgan fingerprint density at radius 1 is 1.53 bits per heavy atom. The third-order valence-electron chi connectivity index (χ3n) is 4.57. The Labute approximate surface area is 102 Å². The monoisotopic (exact) mass is 236 g/mol. The van der Waals surface area contributed by atoms with Crippen LogP contribution in [0.3, 0.4) is 0 Å². The molecule has 2 aliphatic rings. The van der Waals surface area contributed by atoms with Gasteiger partial charge in [-0.05, 0) is 32.1 Å². The van der Waals surface area contributed by atoms with Gasteiger partial charge in [-0.25, -0.2) is 0 Å². The average molecular weight is 236 g/mol. The summed E-state index contributed by atoms with van der Waals surface area (Å²) < 4.78 is 4.78. The maximum Gasteiger partial charge on any atom is 0.309 e. The smallest absolute Gasteiger partial charge is 0.309 e. The lowest BCUT2D eigenvalue weighted by Gasteiger charge is -2.45. The highest BCUT2D eigenvalue weighted by Crippen LogP contribution is 2.50. The lowest BCUT2D eigenvalue weighted by molar-refractivity contribution is -0.153. The van der Waals surface area contributed by atoms with Gasteiger partial charge in [-0.2, -0.15) is 0 Å². The molecule has 0 saturated heterocycles. The highest BCUT2D eigenvalue weighted by molar-refractivity contribution is 5.90. The van der Waals surface area contributed by atoms with Gasteiger partial charge in [0.2, 0.25) is 0 Å². The summed E-state index contributed by atoms with van der Waals surface area (Å²) >= 11 is 0. The summed E-state index contributed by atoms with van der Waals surface area (Å²) in [6.45, 7) is 4.14. The first kappa shape index (κ1) is 12.3. The van der Waals surface area contributed by atoms with Crippen molar-refractivity contribution in [2.24, 2.45) is 17.3 Å². The molecule has 3 nitrogen and oxygen atoms in total. The Hall–Kier alpha value is -1.12. The van der Waals surface area contributed by atoms with E-state index in [0.717, 1.165) is 19.3 Å². The normalized spacial score (nSPS) is 37.1. The fourth-order valence-corrected chi connectivity index (χ4v) is 3.37. The molecule has 3 heteroatoms. The van der Waals surface area contributed by atoms with E-state index in [1.807, 2.05) is 0 Å². The van der Waals surface area contributed by atoms with Crippen molar-refractivity contribution in [1.29, 1.82) is 0 Å². The molecular formula is C14H20O3. The van der Waals surface area contributed by atoms with Gasteiger partial charge in [0, 0.05) is 11.8 Å². The van der Waals surface area contributed by atoms with Crippen LogP contribution in [0, 0.1) is 17.3 Å². The average Bonchev–Trinajstić information content (AvgIpc) is 2.30. The number of allylic oxidation sites excluding steroid dienone is 2. The van der Waals surface area contributed by atoms with Gasteiger partial charge in [0.15, 0.2) is 0 Å². The third-order valence-corrected chi connectivity index (χ3v) is 4.57. The zero-order chi connectivity index (χ0) is 12.6. The minimum absolute atomic E-state index is 0.224. The van der Waals surface area contributed by atoms with E-state index in [2.05, 4.69) is 19.9 Å². The number of rotatable bonds is 1. The van der Waals surface area contributed by atoms with Crippen molar-refractivity contribution in [3.05, 3.63) is 11.6 Å². The summed E-state index contributed by atoms with van der Waals surface area (Å²) in [6.07, 6.45) is 5.22. The maximum absolute atomic E-state index is 12.3. The third kappa shape index (κ3) is 1.92. The van der Waals surface area contributed by atoms with E-state index < -0.39 is 0 Å². The van der Waals surface area contributed by atoms with Crippen molar-refractivity contribution in [2.75, 3.05) is 7.11 Å². The molecule has 2 rings (SSSR count). The molecule has 0 aromatic rings. The molecule has 1 saturated carbocycles. The first-order valence-electron chi connectivity index (χ1n) is 6.27. The van der Waals surface area contributed by atoms with Crippen molar-refractivity contribution in [1.82, 2.24) is 0 Å². The van der Waals surface area contributed by atoms with Gasteiger partial charge in [-0.3, -0.25) is 9.59 Å². The molecule has 0 radical (unpaired) electrons. The van der Waals surface area contributed by atoms with Crippen LogP contribution in [0.15, 0.2) is 11.6 Å². The molecule has 0 aliphatic heterocycles. The molecule has 0 bridgehead atoms. The van der Waals surface area contributed by atoms with Gasteiger partial charge >= 0.3 is 5.97 Å². The summed E-state index contributed by atoms with van der Waals surface area (Å²) in [6, 6.07) is 0. The largest absolute Gasteiger partial charge is 0.469 e. The van der Waals surface area contributed by atoms with Crippen LogP contribution in [0.4, 0.5) is 0 Å². The molecule has 0 heterocycles. The van der Waals surface area contributed by atoms with Crippen LogP contribution < -0.4 is 0 Å². The quantitative estimate of drug-likeness (QED) is 0.519. The number of Topliss-reactive ketones (excluding diaryl/α,β-unsaturated/α-hetero) is 1. The Balaban J connectivity index is 2.27. The number of esters is 1. The van der Waals surface area contributed by atoms with Gasteiger partial charge < -0.3 is 4.74 Å². The summed E-state index contributed by atoms with van der Waals surface area (Å²) in [5.41, 5.74) is 1.02. The lowest BCUT2D eigenvalue weighted by Crippen LogP contribution is -2.46. The van der Waals surface area contributed by atoms with E-state index in [1.54, 1.807) is 0 Å². The van der Waals surface area contributed by atoms with Crippen molar-refractivity contribution < 1.29 is 14.3 Å². The molecule has 0 amide bonds. The van der Waals surface area contributed by atoms with E-state index in [1.165, 1.54) is 12.7 Å². The standard InChI is InChI=1S/C14H20O3/c1-9-5-4-6-14(2)11(9)7-10(8-12(14)15)13(16)17-3/h5,10-11H,4,6-8H2,1-3H3/t10-,11-,14-/m0/s1. The number of hydrogen-bond donors (Lipinski definition) is 0. The predicted octanol–water partition coefficient (Wildman–Crippen LogP) is 2.50. The number of carbonyl (C=O) groups is 2. The summed E-state index contributed by atoms with van der Waals surface area (Å²) in [4.78, 5) is 23.9. The van der Waals surface area contributed by atoms with Gasteiger partial charge in [0.25, 0.3) is 0 Å². The second kappa shape index (κ2) is 4.28. The molecule has 1 fully saturated rings. The number of ketones is 1.